The molecule has 3 aliphatic rings. The molecular weight excluding hydrogens is 556 g/mol. The first-order valence-corrected chi connectivity index (χ1v) is 16.0. The molecule has 1 aliphatic heterocycles. The predicted octanol–water partition coefficient (Wildman–Crippen LogP) is 11.8. The van der Waals surface area contributed by atoms with Crippen LogP contribution < -0.4 is 4.74 Å². The Labute approximate surface area is 267 Å². The highest BCUT2D eigenvalue weighted by Crippen LogP contribution is 2.64. The number of ether oxygens (including phenoxy) is 1. The van der Waals surface area contributed by atoms with Gasteiger partial charge in [0.05, 0.1) is 5.41 Å². The zero-order chi connectivity index (χ0) is 30.0. The molecule has 1 spiro atoms. The van der Waals surface area contributed by atoms with E-state index < -0.39 is 0 Å². The van der Waals surface area contributed by atoms with Crippen molar-refractivity contribution in [2.24, 2.45) is 0 Å². The average Bonchev–Trinajstić information content (AvgIpc) is 3.58. The molecule has 0 amide bonds. The van der Waals surface area contributed by atoms with Crippen LogP contribution in [0.3, 0.4) is 0 Å². The second-order valence-corrected chi connectivity index (χ2v) is 12.8. The summed E-state index contributed by atoms with van der Waals surface area (Å²) in [6.07, 6.45) is 0. The maximum Gasteiger partial charge on any atom is 0.135 e. The van der Waals surface area contributed by atoms with E-state index in [1.165, 1.54) is 82.7 Å². The number of benzene rings is 8. The maximum atomic E-state index is 6.48. The lowest BCUT2D eigenvalue weighted by Gasteiger charge is -2.30. The molecule has 212 valence electrons. The number of hydrogen-bond acceptors (Lipinski definition) is 1. The van der Waals surface area contributed by atoms with E-state index in [4.69, 9.17) is 4.74 Å². The van der Waals surface area contributed by atoms with E-state index in [0.29, 0.717) is 0 Å². The number of fused-ring (bicyclic) bond motifs is 13. The van der Waals surface area contributed by atoms with Crippen LogP contribution in [0.5, 0.6) is 11.5 Å². The van der Waals surface area contributed by atoms with Crippen molar-refractivity contribution in [2.45, 2.75) is 5.41 Å². The van der Waals surface area contributed by atoms with Gasteiger partial charge >= 0.3 is 0 Å². The van der Waals surface area contributed by atoms with E-state index in [1.54, 1.807) is 0 Å². The van der Waals surface area contributed by atoms with Crippen LogP contribution >= 0.6 is 0 Å². The first kappa shape index (κ1) is 24.4. The molecule has 0 bridgehead atoms. The molecule has 0 saturated heterocycles. The van der Waals surface area contributed by atoms with Crippen LogP contribution in [-0.4, -0.2) is 0 Å². The van der Waals surface area contributed by atoms with Gasteiger partial charge in [0, 0.05) is 10.9 Å². The predicted molar refractivity (Wildman–Crippen MR) is 189 cm³/mol. The van der Waals surface area contributed by atoms with E-state index in [0.717, 1.165) is 17.1 Å². The Morgan fingerprint density at radius 1 is 0.348 bits per heavy atom. The fourth-order valence-corrected chi connectivity index (χ4v) is 8.84. The van der Waals surface area contributed by atoms with Gasteiger partial charge in [-0.2, -0.15) is 0 Å². The van der Waals surface area contributed by atoms with Gasteiger partial charge in [-0.3, -0.25) is 0 Å². The molecule has 1 unspecified atom stereocenters. The normalized spacial score (nSPS) is 16.1. The van der Waals surface area contributed by atoms with Gasteiger partial charge in [-0.1, -0.05) is 127 Å². The lowest BCUT2D eigenvalue weighted by atomic mass is 9.70. The Morgan fingerprint density at radius 2 is 0.978 bits per heavy atom. The van der Waals surface area contributed by atoms with E-state index in [-0.39, 0.29) is 5.41 Å². The summed E-state index contributed by atoms with van der Waals surface area (Å²) < 4.78 is 6.48. The maximum absolute atomic E-state index is 6.48. The lowest BCUT2D eigenvalue weighted by molar-refractivity contribution is 0.487. The van der Waals surface area contributed by atoms with Crippen molar-refractivity contribution in [1.29, 1.82) is 0 Å². The molecule has 0 aromatic heterocycles. The summed E-state index contributed by atoms with van der Waals surface area (Å²) in [4.78, 5) is 0. The van der Waals surface area contributed by atoms with Crippen LogP contribution in [0.2, 0.25) is 0 Å². The highest BCUT2D eigenvalue weighted by molar-refractivity contribution is 6.06. The third-order valence-corrected chi connectivity index (χ3v) is 10.6. The van der Waals surface area contributed by atoms with Gasteiger partial charge in [-0.25, -0.2) is 0 Å². The first-order valence-electron chi connectivity index (χ1n) is 16.0. The van der Waals surface area contributed by atoms with E-state index in [9.17, 15) is 0 Å². The Hall–Kier alpha value is -5.92. The quantitative estimate of drug-likeness (QED) is 0.187. The SMILES string of the molecule is c1ccc2c(c1)-c1cc3ccccc3cc1C21c2ccccc2-c2c(-c3ccc4c(c3)-c3cccc5cccc(c35)O4)cccc21. The summed E-state index contributed by atoms with van der Waals surface area (Å²) in [5, 5.41) is 4.94. The highest BCUT2D eigenvalue weighted by Gasteiger charge is 2.52. The van der Waals surface area contributed by atoms with E-state index in [1.807, 2.05) is 0 Å². The fraction of sp³-hybridized carbons (Fsp3) is 0.0222. The summed E-state index contributed by atoms with van der Waals surface area (Å²) in [5.74, 6) is 1.83. The molecule has 8 aromatic rings. The molecule has 0 fully saturated rings. The molecule has 0 N–H and O–H groups in total. The largest absolute Gasteiger partial charge is 0.456 e. The van der Waals surface area contributed by atoms with Gasteiger partial charge < -0.3 is 4.74 Å². The van der Waals surface area contributed by atoms with Crippen molar-refractivity contribution < 1.29 is 4.74 Å². The summed E-state index contributed by atoms with van der Waals surface area (Å²) in [6, 6.07) is 58.3. The molecule has 8 aromatic carbocycles. The van der Waals surface area contributed by atoms with Crippen LogP contribution in [0.1, 0.15) is 22.3 Å². The Kier molecular flexibility index (Phi) is 4.57. The number of hydrogen-bond donors (Lipinski definition) is 0. The van der Waals surface area contributed by atoms with Crippen LogP contribution in [0.25, 0.3) is 66.1 Å². The molecule has 0 saturated carbocycles. The molecule has 0 radical (unpaired) electrons. The second kappa shape index (κ2) is 8.62. The Bertz CT molecular complexity index is 2620. The van der Waals surface area contributed by atoms with Crippen molar-refractivity contribution in [3.05, 3.63) is 180 Å². The van der Waals surface area contributed by atoms with Crippen molar-refractivity contribution in [2.75, 3.05) is 0 Å². The molecule has 11 rings (SSSR count). The third-order valence-electron chi connectivity index (χ3n) is 10.6. The van der Waals surface area contributed by atoms with Crippen molar-refractivity contribution in [1.82, 2.24) is 0 Å². The van der Waals surface area contributed by atoms with Crippen molar-refractivity contribution in [3.63, 3.8) is 0 Å². The molecule has 1 heterocycles. The molecule has 1 nitrogen and oxygen atoms in total. The van der Waals surface area contributed by atoms with Crippen LogP contribution in [0, 0.1) is 0 Å². The van der Waals surface area contributed by atoms with Crippen LogP contribution in [0.4, 0.5) is 0 Å². The topological polar surface area (TPSA) is 9.23 Å². The summed E-state index contributed by atoms with van der Waals surface area (Å²) in [6.45, 7) is 0. The second-order valence-electron chi connectivity index (χ2n) is 12.8. The van der Waals surface area contributed by atoms with Gasteiger partial charge in [0.2, 0.25) is 0 Å². The lowest BCUT2D eigenvalue weighted by Crippen LogP contribution is -2.25. The summed E-state index contributed by atoms with van der Waals surface area (Å²) >= 11 is 0. The Balaban J connectivity index is 1.21. The first-order chi connectivity index (χ1) is 22.8. The smallest absolute Gasteiger partial charge is 0.135 e. The van der Waals surface area contributed by atoms with Crippen molar-refractivity contribution >= 4 is 21.5 Å². The zero-order valence-corrected chi connectivity index (χ0v) is 24.9. The monoisotopic (exact) mass is 582 g/mol. The van der Waals surface area contributed by atoms with Gasteiger partial charge in [0.25, 0.3) is 0 Å². The summed E-state index contributed by atoms with van der Waals surface area (Å²) in [5.41, 5.74) is 15.2. The molecule has 1 heteroatoms. The number of rotatable bonds is 1. The van der Waals surface area contributed by atoms with Crippen LogP contribution in [-0.2, 0) is 5.41 Å². The fourth-order valence-electron chi connectivity index (χ4n) is 8.84. The average molecular weight is 583 g/mol. The van der Waals surface area contributed by atoms with Gasteiger partial charge in [0.15, 0.2) is 0 Å². The molecule has 1 atom stereocenters. The van der Waals surface area contributed by atoms with Gasteiger partial charge in [0.1, 0.15) is 11.5 Å². The Morgan fingerprint density at radius 3 is 1.85 bits per heavy atom. The third kappa shape index (κ3) is 2.91. The minimum atomic E-state index is -0.389. The van der Waals surface area contributed by atoms with Gasteiger partial charge in [-0.15, -0.1) is 0 Å². The van der Waals surface area contributed by atoms with Crippen LogP contribution in [0.15, 0.2) is 158 Å². The van der Waals surface area contributed by atoms with Crippen molar-refractivity contribution in [3.8, 4) is 56.0 Å². The molecular formula is C45H26O. The highest BCUT2D eigenvalue weighted by atomic mass is 16.5. The van der Waals surface area contributed by atoms with E-state index >= 15 is 0 Å². The molecule has 2 aliphatic carbocycles. The minimum Gasteiger partial charge on any atom is -0.456 e. The zero-order valence-electron chi connectivity index (χ0n) is 24.9. The standard InChI is InChI=1S/C45H26O/c1-2-11-29-26-40-35(24-28(29)10-1)32-14-3-5-18-37(32)45(40)38-19-6-4-15-34(38)44-31(16-9-20-39(44)45)30-22-23-41-36(25-30)33-17-7-12-27-13-8-21-42(46-41)43(27)33/h1-26H. The molecule has 46 heavy (non-hydrogen) atoms. The van der Waals surface area contributed by atoms with Gasteiger partial charge in [-0.05, 0) is 108 Å². The van der Waals surface area contributed by atoms with E-state index in [2.05, 4.69) is 158 Å². The minimum absolute atomic E-state index is 0.389. The summed E-state index contributed by atoms with van der Waals surface area (Å²) in [7, 11) is 0.